The van der Waals surface area contributed by atoms with E-state index in [1.807, 2.05) is 6.07 Å². The highest BCUT2D eigenvalue weighted by atomic mass is 35.5. The van der Waals surface area contributed by atoms with E-state index in [-0.39, 0.29) is 24.4 Å². The van der Waals surface area contributed by atoms with Crippen LogP contribution in [0.15, 0.2) is 18.2 Å². The molecule has 0 spiro atoms. The maximum absolute atomic E-state index is 12.6. The molecule has 1 heterocycles. The van der Waals surface area contributed by atoms with Crippen molar-refractivity contribution in [2.75, 3.05) is 6.54 Å². The first kappa shape index (κ1) is 19.5. The third-order valence-electron chi connectivity index (χ3n) is 5.01. The SMILES string of the molecule is Cl.NC(CNC(=O)c1nn(-c2ccc(Cl)cc2Cl)c2c1CCC2)C1CC1. The van der Waals surface area contributed by atoms with Gasteiger partial charge in [0, 0.05) is 28.9 Å². The third kappa shape index (κ3) is 3.72. The van der Waals surface area contributed by atoms with Crippen molar-refractivity contribution in [2.45, 2.75) is 38.1 Å². The molecule has 1 saturated carbocycles. The Balaban J connectivity index is 0.00000196. The summed E-state index contributed by atoms with van der Waals surface area (Å²) in [5, 5.41) is 8.61. The Kier molecular flexibility index (Phi) is 5.82. The number of carbonyl (C=O) groups excluding carboxylic acids is 1. The fourth-order valence-corrected chi connectivity index (χ4v) is 3.95. The van der Waals surface area contributed by atoms with E-state index in [1.165, 1.54) is 0 Å². The molecule has 0 saturated heterocycles. The van der Waals surface area contributed by atoms with Crippen molar-refractivity contribution in [1.82, 2.24) is 15.1 Å². The number of hydrogen-bond donors (Lipinski definition) is 2. The number of halogens is 3. The minimum absolute atomic E-state index is 0. The van der Waals surface area contributed by atoms with Crippen LogP contribution in [0.2, 0.25) is 10.0 Å². The normalized spacial score (nSPS) is 16.7. The minimum atomic E-state index is -0.155. The number of benzene rings is 1. The molecule has 1 aromatic carbocycles. The summed E-state index contributed by atoms with van der Waals surface area (Å²) in [6.07, 6.45) is 5.08. The van der Waals surface area contributed by atoms with Crippen LogP contribution in [-0.2, 0) is 12.8 Å². The molecule has 2 aromatic rings. The summed E-state index contributed by atoms with van der Waals surface area (Å²) in [6.45, 7) is 0.493. The Labute approximate surface area is 168 Å². The second-order valence-electron chi connectivity index (χ2n) is 6.85. The molecule has 1 aromatic heterocycles. The smallest absolute Gasteiger partial charge is 0.272 e. The second-order valence-corrected chi connectivity index (χ2v) is 7.69. The molecule has 4 rings (SSSR count). The van der Waals surface area contributed by atoms with Crippen molar-refractivity contribution in [2.24, 2.45) is 11.7 Å². The molecule has 2 aliphatic rings. The van der Waals surface area contributed by atoms with Gasteiger partial charge in [0.05, 0.1) is 10.7 Å². The summed E-state index contributed by atoms with van der Waals surface area (Å²) in [4.78, 5) is 12.6. The summed E-state index contributed by atoms with van der Waals surface area (Å²) in [6, 6.07) is 5.33. The topological polar surface area (TPSA) is 72.9 Å². The molecule has 5 nitrogen and oxygen atoms in total. The van der Waals surface area contributed by atoms with Gasteiger partial charge in [-0.2, -0.15) is 5.10 Å². The lowest BCUT2D eigenvalue weighted by molar-refractivity contribution is 0.0944. The van der Waals surface area contributed by atoms with Gasteiger partial charge in [-0.3, -0.25) is 4.79 Å². The monoisotopic (exact) mass is 414 g/mol. The third-order valence-corrected chi connectivity index (χ3v) is 5.55. The Bertz CT molecular complexity index is 832. The van der Waals surface area contributed by atoms with Crippen LogP contribution in [0.5, 0.6) is 0 Å². The molecule has 8 heteroatoms. The van der Waals surface area contributed by atoms with E-state index in [0.717, 1.165) is 49.0 Å². The highest BCUT2D eigenvalue weighted by molar-refractivity contribution is 6.35. The van der Waals surface area contributed by atoms with Gasteiger partial charge in [-0.25, -0.2) is 4.68 Å². The molecule has 140 valence electrons. The summed E-state index contributed by atoms with van der Waals surface area (Å²) >= 11 is 12.3. The zero-order valence-corrected chi connectivity index (χ0v) is 16.5. The molecule has 3 N–H and O–H groups in total. The molecule has 0 radical (unpaired) electrons. The van der Waals surface area contributed by atoms with Crippen LogP contribution in [0.4, 0.5) is 0 Å². The maximum atomic E-state index is 12.6. The molecular weight excluding hydrogens is 395 g/mol. The van der Waals surface area contributed by atoms with Gasteiger partial charge in [-0.1, -0.05) is 23.2 Å². The lowest BCUT2D eigenvalue weighted by atomic mass is 10.1. The summed E-state index contributed by atoms with van der Waals surface area (Å²) in [5.74, 6) is 0.398. The maximum Gasteiger partial charge on any atom is 0.272 e. The number of aromatic nitrogens is 2. The number of nitrogens with zero attached hydrogens (tertiary/aromatic N) is 2. The van der Waals surface area contributed by atoms with Crippen molar-refractivity contribution in [3.8, 4) is 5.69 Å². The van der Waals surface area contributed by atoms with E-state index in [9.17, 15) is 4.79 Å². The van der Waals surface area contributed by atoms with Crippen molar-refractivity contribution in [3.63, 3.8) is 0 Å². The first-order valence-electron chi connectivity index (χ1n) is 8.64. The lowest BCUT2D eigenvalue weighted by Crippen LogP contribution is -2.39. The highest BCUT2D eigenvalue weighted by Crippen LogP contribution is 2.32. The van der Waals surface area contributed by atoms with Crippen LogP contribution in [-0.4, -0.2) is 28.3 Å². The summed E-state index contributed by atoms with van der Waals surface area (Å²) < 4.78 is 1.79. The number of fused-ring (bicyclic) bond motifs is 1. The van der Waals surface area contributed by atoms with E-state index in [2.05, 4.69) is 10.4 Å². The predicted octanol–water partition coefficient (Wildman–Crippen LogP) is 3.56. The van der Waals surface area contributed by atoms with Gasteiger partial charge >= 0.3 is 0 Å². The minimum Gasteiger partial charge on any atom is -0.349 e. The number of rotatable bonds is 5. The molecule has 1 unspecified atom stereocenters. The number of nitrogens with one attached hydrogen (secondary N) is 1. The van der Waals surface area contributed by atoms with Crippen molar-refractivity contribution in [1.29, 1.82) is 0 Å². The number of carbonyl (C=O) groups is 1. The number of amides is 1. The van der Waals surface area contributed by atoms with E-state index in [0.29, 0.717) is 28.2 Å². The van der Waals surface area contributed by atoms with E-state index >= 15 is 0 Å². The van der Waals surface area contributed by atoms with Gasteiger partial charge in [0.25, 0.3) is 5.91 Å². The van der Waals surface area contributed by atoms with Gasteiger partial charge < -0.3 is 11.1 Å². The molecule has 1 atom stereocenters. The van der Waals surface area contributed by atoms with Gasteiger partial charge in [-0.05, 0) is 56.2 Å². The fraction of sp³-hybridized carbons (Fsp3) is 0.444. The van der Waals surface area contributed by atoms with Gasteiger partial charge in [0.1, 0.15) is 0 Å². The number of nitrogens with two attached hydrogens (primary N) is 1. The van der Waals surface area contributed by atoms with Gasteiger partial charge in [-0.15, -0.1) is 12.4 Å². The molecule has 26 heavy (non-hydrogen) atoms. The van der Waals surface area contributed by atoms with E-state index in [1.54, 1.807) is 16.8 Å². The fourth-order valence-electron chi connectivity index (χ4n) is 3.46. The molecule has 2 aliphatic carbocycles. The van der Waals surface area contributed by atoms with E-state index in [4.69, 9.17) is 28.9 Å². The number of hydrogen-bond acceptors (Lipinski definition) is 3. The van der Waals surface area contributed by atoms with Crippen molar-refractivity contribution < 1.29 is 4.79 Å². The van der Waals surface area contributed by atoms with Crippen molar-refractivity contribution >= 4 is 41.5 Å². The molecule has 0 aliphatic heterocycles. The van der Waals surface area contributed by atoms with Crippen LogP contribution >= 0.6 is 35.6 Å². The first-order chi connectivity index (χ1) is 12.0. The molecule has 1 amide bonds. The Hall–Kier alpha value is -1.27. The average Bonchev–Trinajstić information content (AvgIpc) is 3.22. The second kappa shape index (κ2) is 7.77. The van der Waals surface area contributed by atoms with Crippen molar-refractivity contribution in [3.05, 3.63) is 45.2 Å². The van der Waals surface area contributed by atoms with Crippen LogP contribution in [0.3, 0.4) is 0 Å². The first-order valence-corrected chi connectivity index (χ1v) is 9.40. The molecule has 1 fully saturated rings. The largest absolute Gasteiger partial charge is 0.349 e. The Morgan fingerprint density at radius 3 is 2.81 bits per heavy atom. The summed E-state index contributed by atoms with van der Waals surface area (Å²) in [7, 11) is 0. The van der Waals surface area contributed by atoms with Crippen LogP contribution in [0, 0.1) is 5.92 Å². The quantitative estimate of drug-likeness (QED) is 0.784. The molecule has 0 bridgehead atoms. The zero-order chi connectivity index (χ0) is 17.6. The van der Waals surface area contributed by atoms with Crippen LogP contribution < -0.4 is 11.1 Å². The lowest BCUT2D eigenvalue weighted by Gasteiger charge is -2.11. The van der Waals surface area contributed by atoms with E-state index < -0.39 is 0 Å². The Morgan fingerprint density at radius 1 is 1.35 bits per heavy atom. The molecular formula is C18H21Cl3N4O. The van der Waals surface area contributed by atoms with Crippen LogP contribution in [0.1, 0.15) is 41.0 Å². The zero-order valence-electron chi connectivity index (χ0n) is 14.2. The average molecular weight is 416 g/mol. The Morgan fingerprint density at radius 2 is 2.12 bits per heavy atom. The van der Waals surface area contributed by atoms with Gasteiger partial charge in [0.15, 0.2) is 5.69 Å². The standard InChI is InChI=1S/C18H20Cl2N4O.ClH/c19-11-6-7-16(13(20)8-11)24-15-3-1-2-12(15)17(23-24)18(25)22-9-14(21)10-4-5-10;/h6-8,10,14H,1-5,9,21H2,(H,22,25);1H. The summed E-state index contributed by atoms with van der Waals surface area (Å²) in [5.41, 5.74) is 9.39. The van der Waals surface area contributed by atoms with Crippen LogP contribution in [0.25, 0.3) is 5.69 Å². The predicted molar refractivity (Wildman–Crippen MR) is 106 cm³/mol. The highest BCUT2D eigenvalue weighted by Gasteiger charge is 2.30. The van der Waals surface area contributed by atoms with Gasteiger partial charge in [0.2, 0.25) is 0 Å².